The Morgan fingerprint density at radius 3 is 2.69 bits per heavy atom. The molecule has 0 unspecified atom stereocenters. The van der Waals surface area contributed by atoms with E-state index in [2.05, 4.69) is 10.2 Å². The molecular weight excluding hydrogens is 389 g/mol. The van der Waals surface area contributed by atoms with Gasteiger partial charge in [-0.15, -0.1) is 0 Å². The topological polar surface area (TPSA) is 85.6 Å². The summed E-state index contributed by atoms with van der Waals surface area (Å²) in [7, 11) is 0. The molecule has 0 aliphatic carbocycles. The molecule has 4 aromatic heterocycles. The highest BCUT2D eigenvalue weighted by Gasteiger charge is 2.30. The molecule has 4 rings (SSSR count). The van der Waals surface area contributed by atoms with Gasteiger partial charge in [0.15, 0.2) is 0 Å². The maximum atomic E-state index is 12.8. The van der Waals surface area contributed by atoms with Gasteiger partial charge >= 0.3 is 12.1 Å². The molecule has 1 N–H and O–H groups in total. The molecule has 0 amide bonds. The van der Waals surface area contributed by atoms with Crippen molar-refractivity contribution in [2.75, 3.05) is 0 Å². The molecule has 29 heavy (non-hydrogen) atoms. The minimum atomic E-state index is -4.38. The number of carboxylic acid groups (broad SMARTS) is 1. The van der Waals surface area contributed by atoms with E-state index in [1.807, 2.05) is 0 Å². The lowest BCUT2D eigenvalue weighted by atomic mass is 10.0. The molecule has 0 spiro atoms. The second-order valence-corrected chi connectivity index (χ2v) is 6.63. The molecule has 4 aromatic rings. The minimum absolute atomic E-state index is 0.0220. The summed E-state index contributed by atoms with van der Waals surface area (Å²) in [5.41, 5.74) is 3.31. The van der Waals surface area contributed by atoms with Crippen molar-refractivity contribution in [1.29, 1.82) is 0 Å². The number of fused-ring (bicyclic) bond motifs is 1. The number of aromatic carboxylic acids is 1. The van der Waals surface area contributed by atoms with Crippen LogP contribution in [-0.4, -0.2) is 36.6 Å². The van der Waals surface area contributed by atoms with Gasteiger partial charge in [0, 0.05) is 28.6 Å². The Kier molecular flexibility index (Phi) is 4.21. The maximum Gasteiger partial charge on any atom is 0.408 e. The quantitative estimate of drug-likeness (QED) is 0.547. The third kappa shape index (κ3) is 3.37. The number of halogens is 3. The van der Waals surface area contributed by atoms with E-state index in [0.717, 1.165) is 10.9 Å². The van der Waals surface area contributed by atoms with E-state index in [1.54, 1.807) is 42.9 Å². The Balaban J connectivity index is 1.82. The lowest BCUT2D eigenvalue weighted by molar-refractivity contribution is -0.142. The summed E-state index contributed by atoms with van der Waals surface area (Å²) in [6, 6.07) is 4.86. The number of nitrogens with zero attached hydrogens (tertiary/aromatic N) is 4. The summed E-state index contributed by atoms with van der Waals surface area (Å²) in [5, 5.41) is 17.4. The number of aromatic nitrogens is 4. The van der Waals surface area contributed by atoms with Crippen molar-refractivity contribution in [3.8, 4) is 22.5 Å². The van der Waals surface area contributed by atoms with Crippen molar-refractivity contribution in [2.45, 2.75) is 26.6 Å². The molecule has 0 saturated heterocycles. The van der Waals surface area contributed by atoms with Crippen LogP contribution >= 0.6 is 0 Å². The zero-order valence-electron chi connectivity index (χ0n) is 15.4. The van der Waals surface area contributed by atoms with Crippen molar-refractivity contribution in [3.63, 3.8) is 0 Å². The Morgan fingerprint density at radius 1 is 1.28 bits per heavy atom. The third-order valence-corrected chi connectivity index (χ3v) is 4.63. The number of hydrogen-bond donors (Lipinski definition) is 1. The van der Waals surface area contributed by atoms with Crippen LogP contribution in [0.5, 0.6) is 0 Å². The number of pyridine rings is 1. The summed E-state index contributed by atoms with van der Waals surface area (Å²) in [6.45, 7) is 2.06. The van der Waals surface area contributed by atoms with Gasteiger partial charge in [-0.3, -0.25) is 4.68 Å². The van der Waals surface area contributed by atoms with Crippen LogP contribution in [0.25, 0.3) is 28.0 Å². The number of rotatable bonds is 4. The Morgan fingerprint density at radius 2 is 2.03 bits per heavy atom. The SMILES string of the molecule is Cc1nn(CC(F)(F)F)c(C)c1-c1cnn2ccc(-c3cc(C(=O)O)co3)cc12. The molecule has 10 heteroatoms. The average Bonchev–Trinajstić information content (AvgIpc) is 3.32. The molecule has 0 radical (unpaired) electrons. The van der Waals surface area contributed by atoms with Crippen molar-refractivity contribution in [3.05, 3.63) is 53.8 Å². The first kappa shape index (κ1) is 18.8. The van der Waals surface area contributed by atoms with Crippen LogP contribution in [0.1, 0.15) is 21.7 Å². The molecule has 0 aliphatic rings. The summed E-state index contributed by atoms with van der Waals surface area (Å²) >= 11 is 0. The predicted octanol–water partition coefficient (Wildman–Crippen LogP) is 4.34. The second kappa shape index (κ2) is 6.50. The van der Waals surface area contributed by atoms with Crippen LogP contribution in [-0.2, 0) is 6.54 Å². The number of carbonyl (C=O) groups is 1. The number of aryl methyl sites for hydroxylation is 1. The first-order chi connectivity index (χ1) is 13.6. The van der Waals surface area contributed by atoms with Crippen LogP contribution in [0.4, 0.5) is 13.2 Å². The van der Waals surface area contributed by atoms with Gasteiger partial charge in [0.05, 0.1) is 23.0 Å². The van der Waals surface area contributed by atoms with Gasteiger partial charge in [-0.25, -0.2) is 9.31 Å². The maximum absolute atomic E-state index is 12.8. The fourth-order valence-electron chi connectivity index (χ4n) is 3.34. The van der Waals surface area contributed by atoms with Crippen molar-refractivity contribution >= 4 is 11.5 Å². The van der Waals surface area contributed by atoms with Gasteiger partial charge in [0.2, 0.25) is 0 Å². The number of carboxylic acids is 1. The van der Waals surface area contributed by atoms with Gasteiger partial charge in [0.1, 0.15) is 18.6 Å². The van der Waals surface area contributed by atoms with Crippen LogP contribution < -0.4 is 0 Å². The number of furan rings is 1. The molecule has 4 heterocycles. The van der Waals surface area contributed by atoms with Crippen molar-refractivity contribution < 1.29 is 27.5 Å². The Hall–Kier alpha value is -3.56. The number of hydrogen-bond acceptors (Lipinski definition) is 4. The molecule has 0 saturated carbocycles. The van der Waals surface area contributed by atoms with Gasteiger partial charge in [0.25, 0.3) is 0 Å². The Labute approximate surface area is 162 Å². The van der Waals surface area contributed by atoms with Gasteiger partial charge in [-0.05, 0) is 32.0 Å². The molecule has 0 fully saturated rings. The Bertz CT molecular complexity index is 1230. The van der Waals surface area contributed by atoms with E-state index in [0.29, 0.717) is 39.4 Å². The first-order valence-corrected chi connectivity index (χ1v) is 8.55. The second-order valence-electron chi connectivity index (χ2n) is 6.63. The van der Waals surface area contributed by atoms with E-state index in [9.17, 15) is 18.0 Å². The zero-order chi connectivity index (χ0) is 20.9. The van der Waals surface area contributed by atoms with Crippen LogP contribution in [0.15, 0.2) is 41.3 Å². The average molecular weight is 404 g/mol. The smallest absolute Gasteiger partial charge is 0.408 e. The normalized spacial score (nSPS) is 12.0. The molecule has 0 bridgehead atoms. The standard InChI is InChI=1S/C19H15F3N4O3/c1-10-17(11(2)26(24-10)9-19(20,21)22)14-7-23-25-4-3-12(5-15(14)25)16-6-13(8-29-16)18(27)28/h3-8H,9H2,1-2H3,(H,27,28). The highest BCUT2D eigenvalue weighted by molar-refractivity contribution is 5.89. The largest absolute Gasteiger partial charge is 0.478 e. The van der Waals surface area contributed by atoms with Crippen LogP contribution in [0, 0.1) is 13.8 Å². The van der Waals surface area contributed by atoms with E-state index < -0.39 is 18.7 Å². The summed E-state index contributed by atoms with van der Waals surface area (Å²) < 4.78 is 46.3. The summed E-state index contributed by atoms with van der Waals surface area (Å²) in [6.07, 6.45) is 0.00527. The van der Waals surface area contributed by atoms with Gasteiger partial charge in [-0.2, -0.15) is 23.4 Å². The van der Waals surface area contributed by atoms with E-state index in [4.69, 9.17) is 9.52 Å². The van der Waals surface area contributed by atoms with E-state index in [-0.39, 0.29) is 5.56 Å². The highest BCUT2D eigenvalue weighted by Crippen LogP contribution is 2.33. The fourth-order valence-corrected chi connectivity index (χ4v) is 3.34. The molecule has 150 valence electrons. The lowest BCUT2D eigenvalue weighted by Crippen LogP contribution is -2.19. The molecule has 0 aliphatic heterocycles. The van der Waals surface area contributed by atoms with E-state index in [1.165, 1.54) is 6.07 Å². The third-order valence-electron chi connectivity index (χ3n) is 4.63. The lowest BCUT2D eigenvalue weighted by Gasteiger charge is -2.08. The minimum Gasteiger partial charge on any atom is -0.478 e. The van der Waals surface area contributed by atoms with E-state index >= 15 is 0 Å². The fraction of sp³-hybridized carbons (Fsp3) is 0.211. The zero-order valence-corrected chi connectivity index (χ0v) is 15.4. The van der Waals surface area contributed by atoms with Crippen LogP contribution in [0.3, 0.4) is 0 Å². The summed E-state index contributed by atoms with van der Waals surface area (Å²) in [4.78, 5) is 11.1. The molecular formula is C19H15F3N4O3. The van der Waals surface area contributed by atoms with Crippen molar-refractivity contribution in [2.24, 2.45) is 0 Å². The predicted molar refractivity (Wildman–Crippen MR) is 96.6 cm³/mol. The molecule has 0 aromatic carbocycles. The van der Waals surface area contributed by atoms with Gasteiger partial charge in [-0.1, -0.05) is 0 Å². The molecule has 0 atom stereocenters. The first-order valence-electron chi connectivity index (χ1n) is 8.55. The number of alkyl halides is 3. The summed E-state index contributed by atoms with van der Waals surface area (Å²) in [5.74, 6) is -0.743. The molecule has 7 nitrogen and oxygen atoms in total. The van der Waals surface area contributed by atoms with Crippen molar-refractivity contribution in [1.82, 2.24) is 19.4 Å². The van der Waals surface area contributed by atoms with Gasteiger partial charge < -0.3 is 9.52 Å². The van der Waals surface area contributed by atoms with Crippen LogP contribution in [0.2, 0.25) is 0 Å². The highest BCUT2D eigenvalue weighted by atomic mass is 19.4. The monoisotopic (exact) mass is 404 g/mol.